The molecule has 0 aromatic heterocycles. The second-order valence-corrected chi connectivity index (χ2v) is 12.9. The number of carbonyl (C=O) groups is 2. The fourth-order valence-electron chi connectivity index (χ4n) is 5.38. The highest BCUT2D eigenvalue weighted by atomic mass is 32.2. The molecule has 1 N–H and O–H groups in total. The number of carbonyl (C=O) groups excluding carboxylic acids is 1. The lowest BCUT2D eigenvalue weighted by molar-refractivity contribution is 0.0435. The highest BCUT2D eigenvalue weighted by Crippen LogP contribution is 2.42. The third-order valence-corrected chi connectivity index (χ3v) is 9.64. The third-order valence-electron chi connectivity index (χ3n) is 7.56. The summed E-state index contributed by atoms with van der Waals surface area (Å²) in [4.78, 5) is 35.6. The Morgan fingerprint density at radius 2 is 1.18 bits per heavy atom. The summed E-state index contributed by atoms with van der Waals surface area (Å²) >= 11 is 3.23. The number of fused-ring (bicyclic) bond motifs is 2. The van der Waals surface area contributed by atoms with E-state index in [1.165, 1.54) is 7.11 Å². The van der Waals surface area contributed by atoms with Crippen LogP contribution < -0.4 is 9.47 Å². The normalized spacial score (nSPS) is 12.1. The van der Waals surface area contributed by atoms with Crippen LogP contribution in [-0.4, -0.2) is 63.9 Å². The second-order valence-electron chi connectivity index (χ2n) is 10.8. The monoisotopic (exact) mass is 714 g/mol. The lowest BCUT2D eigenvalue weighted by Gasteiger charge is -2.17. The average molecular weight is 715 g/mol. The third kappa shape index (κ3) is 9.13. The van der Waals surface area contributed by atoms with Gasteiger partial charge < -0.3 is 28.8 Å². The first kappa shape index (κ1) is 36.7. The van der Waals surface area contributed by atoms with Crippen molar-refractivity contribution < 1.29 is 38.4 Å². The number of rotatable bonds is 15. The Balaban J connectivity index is 0.000000195. The molecule has 6 rings (SSSR count). The number of aliphatic imine (C=N–C) groups is 2. The van der Waals surface area contributed by atoms with Crippen LogP contribution in [0.3, 0.4) is 0 Å². The molecule has 2 aliphatic heterocycles. The molecule has 12 heteroatoms. The molecular weight excluding hydrogens is 677 g/mol. The van der Waals surface area contributed by atoms with Crippen molar-refractivity contribution in [3.05, 3.63) is 106 Å². The Morgan fingerprint density at radius 1 is 0.720 bits per heavy atom. The highest BCUT2D eigenvalue weighted by molar-refractivity contribution is 7.98. The molecule has 4 aromatic rings. The zero-order valence-corrected chi connectivity index (χ0v) is 29.7. The van der Waals surface area contributed by atoms with Gasteiger partial charge in [0.1, 0.15) is 22.6 Å². The number of aromatic carboxylic acids is 1. The summed E-state index contributed by atoms with van der Waals surface area (Å²) in [5, 5.41) is 9.69. The van der Waals surface area contributed by atoms with Gasteiger partial charge in [-0.25, -0.2) is 9.59 Å². The largest absolute Gasteiger partial charge is 0.478 e. The molecule has 0 radical (unpaired) electrons. The molecule has 4 aromatic carbocycles. The van der Waals surface area contributed by atoms with Gasteiger partial charge >= 0.3 is 11.9 Å². The number of esters is 1. The summed E-state index contributed by atoms with van der Waals surface area (Å²) in [6.07, 6.45) is 5.07. The van der Waals surface area contributed by atoms with Gasteiger partial charge in [-0.05, 0) is 54.4 Å². The predicted molar refractivity (Wildman–Crippen MR) is 197 cm³/mol. The molecule has 2 heterocycles. The fourth-order valence-corrected chi connectivity index (χ4v) is 7.27. The van der Waals surface area contributed by atoms with E-state index < -0.39 is 11.9 Å². The van der Waals surface area contributed by atoms with Crippen molar-refractivity contribution in [2.45, 2.75) is 41.1 Å². The first-order chi connectivity index (χ1) is 24.4. The zero-order valence-electron chi connectivity index (χ0n) is 28.0. The van der Waals surface area contributed by atoms with Gasteiger partial charge in [0.15, 0.2) is 13.6 Å². The van der Waals surface area contributed by atoms with E-state index in [2.05, 4.69) is 9.98 Å². The van der Waals surface area contributed by atoms with E-state index in [0.29, 0.717) is 47.2 Å². The molecular formula is C38H38N2O8S2. The van der Waals surface area contributed by atoms with E-state index in [1.807, 2.05) is 72.9 Å². The Kier molecular flexibility index (Phi) is 13.5. The first-order valence-corrected chi connectivity index (χ1v) is 17.8. The van der Waals surface area contributed by atoms with Gasteiger partial charge in [0.25, 0.3) is 0 Å². The molecule has 0 unspecified atom stereocenters. The number of nitrogens with zero attached hydrogens (tertiary/aromatic N) is 2. The number of ether oxygens (including phenoxy) is 5. The van der Waals surface area contributed by atoms with E-state index in [9.17, 15) is 14.7 Å². The van der Waals surface area contributed by atoms with Crippen LogP contribution in [0.2, 0.25) is 0 Å². The molecule has 10 nitrogen and oxygen atoms in total. The van der Waals surface area contributed by atoms with Gasteiger partial charge in [0, 0.05) is 71.9 Å². The maximum absolute atomic E-state index is 12.7. The fraction of sp³-hybridized carbons (Fsp3) is 0.263. The van der Waals surface area contributed by atoms with Gasteiger partial charge in [-0.1, -0.05) is 36.4 Å². The lowest BCUT2D eigenvalue weighted by atomic mass is 10.0. The number of methoxy groups -OCH3 is 2. The number of benzene rings is 4. The minimum atomic E-state index is -1.02. The molecule has 260 valence electrons. The van der Waals surface area contributed by atoms with Crippen LogP contribution in [0.5, 0.6) is 11.5 Å². The lowest BCUT2D eigenvalue weighted by Crippen LogP contribution is -2.12. The Morgan fingerprint density at radius 3 is 1.62 bits per heavy atom. The topological polar surface area (TPSA) is 125 Å². The van der Waals surface area contributed by atoms with E-state index in [4.69, 9.17) is 23.7 Å². The quantitative estimate of drug-likeness (QED) is 0.0730. The minimum absolute atomic E-state index is 0.00515. The molecule has 0 bridgehead atoms. The molecule has 0 saturated carbocycles. The van der Waals surface area contributed by atoms with Crippen LogP contribution in [0.25, 0.3) is 0 Å². The molecule has 0 fully saturated rings. The summed E-state index contributed by atoms with van der Waals surface area (Å²) in [6.45, 7) is 2.16. The molecule has 0 atom stereocenters. The maximum Gasteiger partial charge on any atom is 0.342 e. The van der Waals surface area contributed by atoms with E-state index >= 15 is 0 Å². The van der Waals surface area contributed by atoms with Gasteiger partial charge in [-0.3, -0.25) is 9.98 Å². The standard InChI is InChI=1S/C20H21NO4S.C18H17NO4S/c1-3-24-20(22)18-16(12-26-15-7-5-4-6-8-15)19-14(9-10-21-19)11-17(18)25-13-23-2;1-22-11-23-15-9-12-7-8-19-17(12)14(16(15)18(20)21)10-24-13-5-3-2-4-6-13/h4-8,10-11H,3,9,12-13H2,1-2H3;2-6,8-9H,7,10-11H2,1H3,(H,20,21). The summed E-state index contributed by atoms with van der Waals surface area (Å²) in [5.41, 5.74) is 5.76. The average Bonchev–Trinajstić information content (AvgIpc) is 3.81. The minimum Gasteiger partial charge on any atom is -0.478 e. The molecule has 0 saturated heterocycles. The highest BCUT2D eigenvalue weighted by Gasteiger charge is 2.27. The number of hydrogen-bond donors (Lipinski definition) is 1. The van der Waals surface area contributed by atoms with Crippen molar-refractivity contribution in [2.75, 3.05) is 34.4 Å². The summed E-state index contributed by atoms with van der Waals surface area (Å²) < 4.78 is 26.4. The van der Waals surface area contributed by atoms with Crippen LogP contribution in [-0.2, 0) is 38.6 Å². The van der Waals surface area contributed by atoms with Crippen molar-refractivity contribution in [1.29, 1.82) is 0 Å². The molecule has 50 heavy (non-hydrogen) atoms. The Labute approximate surface area is 299 Å². The molecule has 0 amide bonds. The first-order valence-electron chi connectivity index (χ1n) is 15.9. The number of carboxylic acid groups (broad SMARTS) is 1. The van der Waals surface area contributed by atoms with Crippen molar-refractivity contribution in [2.24, 2.45) is 9.98 Å². The number of carboxylic acids is 1. The summed E-state index contributed by atoms with van der Waals surface area (Å²) in [6, 6.07) is 23.6. The summed E-state index contributed by atoms with van der Waals surface area (Å²) in [7, 11) is 3.05. The van der Waals surface area contributed by atoms with Crippen LogP contribution >= 0.6 is 23.5 Å². The van der Waals surface area contributed by atoms with Crippen molar-refractivity contribution >= 4 is 59.3 Å². The predicted octanol–water partition coefficient (Wildman–Crippen LogP) is 8.31. The van der Waals surface area contributed by atoms with Gasteiger partial charge in [0.2, 0.25) is 0 Å². The van der Waals surface area contributed by atoms with Crippen LogP contribution in [0.15, 0.2) is 92.6 Å². The van der Waals surface area contributed by atoms with E-state index in [-0.39, 0.29) is 19.1 Å². The SMILES string of the molecule is CCOC(=O)c1c(OCOC)cc2c(c1CSc1ccccc1)N=CC2.COCOc1cc2c(c(CSc3ccccc3)c1C(=O)O)N=CC2. The Bertz CT molecular complexity index is 1850. The van der Waals surface area contributed by atoms with Crippen LogP contribution in [0, 0.1) is 0 Å². The van der Waals surface area contributed by atoms with Crippen LogP contribution in [0.1, 0.15) is 49.9 Å². The second kappa shape index (κ2) is 18.4. The number of hydrogen-bond acceptors (Lipinski definition) is 11. The van der Waals surface area contributed by atoms with Crippen LogP contribution in [0.4, 0.5) is 11.4 Å². The Hall–Kier alpha value is -4.62. The molecule has 2 aliphatic rings. The van der Waals surface area contributed by atoms with E-state index in [0.717, 1.165) is 44.3 Å². The molecule has 0 spiro atoms. The van der Waals surface area contributed by atoms with E-state index in [1.54, 1.807) is 49.8 Å². The smallest absolute Gasteiger partial charge is 0.342 e. The number of thioether (sulfide) groups is 2. The van der Waals surface area contributed by atoms with Gasteiger partial charge in [-0.2, -0.15) is 0 Å². The van der Waals surface area contributed by atoms with Gasteiger partial charge in [0.05, 0.1) is 18.0 Å². The molecule has 0 aliphatic carbocycles. The van der Waals surface area contributed by atoms with Crippen molar-refractivity contribution in [1.82, 2.24) is 0 Å². The zero-order chi connectivity index (χ0) is 35.3. The van der Waals surface area contributed by atoms with Gasteiger partial charge in [-0.15, -0.1) is 23.5 Å². The van der Waals surface area contributed by atoms with Crippen molar-refractivity contribution in [3.8, 4) is 11.5 Å². The van der Waals surface area contributed by atoms with Crippen molar-refractivity contribution in [3.63, 3.8) is 0 Å². The maximum atomic E-state index is 12.7. The summed E-state index contributed by atoms with van der Waals surface area (Å²) in [5.74, 6) is 0.509.